The van der Waals surface area contributed by atoms with E-state index < -0.39 is 5.54 Å². The predicted octanol–water partition coefficient (Wildman–Crippen LogP) is 1.40. The summed E-state index contributed by atoms with van der Waals surface area (Å²) in [7, 11) is 0. The molecule has 2 amide bonds. The fourth-order valence-electron chi connectivity index (χ4n) is 2.74. The number of hydrogen-bond donors (Lipinski definition) is 1. The normalized spacial score (nSPS) is 23.7. The molecule has 94 valence electrons. The summed E-state index contributed by atoms with van der Waals surface area (Å²) in [4.78, 5) is 25.6. The van der Waals surface area contributed by atoms with Crippen LogP contribution in [0.15, 0.2) is 11.6 Å². The predicted molar refractivity (Wildman–Crippen MR) is 65.5 cm³/mol. The summed E-state index contributed by atoms with van der Waals surface area (Å²) in [6, 6.07) is 0. The Morgan fingerprint density at radius 2 is 2.00 bits per heavy atom. The topological polar surface area (TPSA) is 49.4 Å². The van der Waals surface area contributed by atoms with Crippen molar-refractivity contribution in [1.82, 2.24) is 10.2 Å². The van der Waals surface area contributed by atoms with Gasteiger partial charge in [-0.05, 0) is 12.8 Å². The average Bonchev–Trinajstić information content (AvgIpc) is 2.26. The molecule has 0 aromatic rings. The SMILES string of the molecule is C=C(Cl)CN1CC(=O)NC2(CCCCC2)C1=O. The van der Waals surface area contributed by atoms with E-state index in [1.165, 1.54) is 4.90 Å². The first-order valence-corrected chi connectivity index (χ1v) is 6.35. The van der Waals surface area contributed by atoms with Crippen LogP contribution in [0.3, 0.4) is 0 Å². The number of carbonyl (C=O) groups is 2. The Hall–Kier alpha value is -1.03. The largest absolute Gasteiger partial charge is 0.340 e. The molecule has 0 radical (unpaired) electrons. The third-order valence-corrected chi connectivity index (χ3v) is 3.60. The van der Waals surface area contributed by atoms with Gasteiger partial charge >= 0.3 is 0 Å². The highest BCUT2D eigenvalue weighted by Gasteiger charge is 2.46. The lowest BCUT2D eigenvalue weighted by molar-refractivity contribution is -0.151. The molecule has 2 aliphatic rings. The minimum Gasteiger partial charge on any atom is -0.340 e. The fraction of sp³-hybridized carbons (Fsp3) is 0.667. The van der Waals surface area contributed by atoms with Crippen LogP contribution in [0, 0.1) is 0 Å². The molecule has 0 atom stereocenters. The molecule has 1 N–H and O–H groups in total. The molecular formula is C12H17ClN2O2. The number of halogens is 1. The molecule has 1 saturated heterocycles. The van der Waals surface area contributed by atoms with Crippen molar-refractivity contribution in [3.8, 4) is 0 Å². The van der Waals surface area contributed by atoms with Gasteiger partial charge in [-0.25, -0.2) is 0 Å². The maximum Gasteiger partial charge on any atom is 0.249 e. The summed E-state index contributed by atoms with van der Waals surface area (Å²) in [6.45, 7) is 3.93. The molecule has 1 spiro atoms. The summed E-state index contributed by atoms with van der Waals surface area (Å²) < 4.78 is 0. The molecular weight excluding hydrogens is 240 g/mol. The second-order valence-electron chi connectivity index (χ2n) is 4.87. The van der Waals surface area contributed by atoms with Crippen molar-refractivity contribution in [3.05, 3.63) is 11.6 Å². The zero-order valence-electron chi connectivity index (χ0n) is 9.80. The van der Waals surface area contributed by atoms with Gasteiger partial charge in [0.15, 0.2) is 0 Å². The van der Waals surface area contributed by atoms with Crippen LogP contribution in [0.25, 0.3) is 0 Å². The summed E-state index contributed by atoms with van der Waals surface area (Å²) in [5.74, 6) is -0.0944. The Kier molecular flexibility index (Phi) is 3.43. The zero-order valence-corrected chi connectivity index (χ0v) is 10.6. The third kappa shape index (κ3) is 2.46. The fourth-order valence-corrected chi connectivity index (χ4v) is 2.88. The number of hydrogen-bond acceptors (Lipinski definition) is 2. The highest BCUT2D eigenvalue weighted by Crippen LogP contribution is 2.32. The van der Waals surface area contributed by atoms with Gasteiger partial charge in [0, 0.05) is 5.03 Å². The summed E-state index contributed by atoms with van der Waals surface area (Å²) in [5, 5.41) is 3.27. The van der Waals surface area contributed by atoms with Crippen LogP contribution in [-0.4, -0.2) is 35.3 Å². The quantitative estimate of drug-likeness (QED) is 0.812. The molecule has 0 bridgehead atoms. The number of piperazine rings is 1. The molecule has 1 aliphatic carbocycles. The molecule has 17 heavy (non-hydrogen) atoms. The van der Waals surface area contributed by atoms with E-state index in [1.54, 1.807) is 0 Å². The highest BCUT2D eigenvalue weighted by molar-refractivity contribution is 6.29. The molecule has 2 rings (SSSR count). The van der Waals surface area contributed by atoms with Gasteiger partial charge in [0.25, 0.3) is 0 Å². The van der Waals surface area contributed by atoms with E-state index in [2.05, 4.69) is 11.9 Å². The first-order valence-electron chi connectivity index (χ1n) is 5.97. The first-order chi connectivity index (χ1) is 8.03. The van der Waals surface area contributed by atoms with Crippen molar-refractivity contribution in [2.75, 3.05) is 13.1 Å². The summed E-state index contributed by atoms with van der Waals surface area (Å²) in [6.07, 6.45) is 4.59. The van der Waals surface area contributed by atoms with Gasteiger partial charge in [0.2, 0.25) is 11.8 Å². The highest BCUT2D eigenvalue weighted by atomic mass is 35.5. The smallest absolute Gasteiger partial charge is 0.249 e. The maximum atomic E-state index is 12.4. The average molecular weight is 257 g/mol. The van der Waals surface area contributed by atoms with Crippen molar-refractivity contribution < 1.29 is 9.59 Å². The van der Waals surface area contributed by atoms with Crippen LogP contribution in [0.2, 0.25) is 0 Å². The van der Waals surface area contributed by atoms with Crippen molar-refractivity contribution in [1.29, 1.82) is 0 Å². The van der Waals surface area contributed by atoms with Gasteiger partial charge in [-0.1, -0.05) is 37.4 Å². The molecule has 4 nitrogen and oxygen atoms in total. The Morgan fingerprint density at radius 1 is 1.35 bits per heavy atom. The van der Waals surface area contributed by atoms with Crippen LogP contribution in [0.1, 0.15) is 32.1 Å². The molecule has 0 unspecified atom stereocenters. The van der Waals surface area contributed by atoms with Crippen molar-refractivity contribution in [3.63, 3.8) is 0 Å². The minimum atomic E-state index is -0.667. The van der Waals surface area contributed by atoms with Crippen LogP contribution >= 0.6 is 11.6 Å². The molecule has 1 saturated carbocycles. The van der Waals surface area contributed by atoms with E-state index in [9.17, 15) is 9.59 Å². The molecule has 0 aromatic heterocycles. The van der Waals surface area contributed by atoms with Gasteiger partial charge in [0.1, 0.15) is 12.1 Å². The first kappa shape index (κ1) is 12.4. The number of nitrogens with zero attached hydrogens (tertiary/aromatic N) is 1. The van der Waals surface area contributed by atoms with Crippen molar-refractivity contribution >= 4 is 23.4 Å². The number of carbonyl (C=O) groups excluding carboxylic acids is 2. The van der Waals surface area contributed by atoms with E-state index in [0.29, 0.717) is 5.03 Å². The monoisotopic (exact) mass is 256 g/mol. The Balaban J connectivity index is 2.18. The van der Waals surface area contributed by atoms with Gasteiger partial charge in [-0.15, -0.1) is 0 Å². The van der Waals surface area contributed by atoms with Crippen LogP contribution in [0.4, 0.5) is 0 Å². The van der Waals surface area contributed by atoms with Gasteiger partial charge in [-0.3, -0.25) is 9.59 Å². The number of nitrogens with one attached hydrogen (secondary N) is 1. The van der Waals surface area contributed by atoms with E-state index in [4.69, 9.17) is 11.6 Å². The summed E-state index contributed by atoms with van der Waals surface area (Å²) in [5.41, 5.74) is -0.667. The lowest BCUT2D eigenvalue weighted by atomic mass is 9.79. The van der Waals surface area contributed by atoms with Gasteiger partial charge in [0.05, 0.1) is 6.54 Å². The molecule has 1 aliphatic heterocycles. The number of rotatable bonds is 2. The molecule has 2 fully saturated rings. The van der Waals surface area contributed by atoms with Gasteiger partial charge in [-0.2, -0.15) is 0 Å². The Labute approximate surface area is 106 Å². The molecule has 0 aromatic carbocycles. The van der Waals surface area contributed by atoms with Crippen molar-refractivity contribution in [2.24, 2.45) is 0 Å². The minimum absolute atomic E-state index is 0.00130. The Morgan fingerprint density at radius 3 is 2.59 bits per heavy atom. The van der Waals surface area contributed by atoms with Gasteiger partial charge < -0.3 is 10.2 Å². The second kappa shape index (κ2) is 4.69. The number of amides is 2. The zero-order chi connectivity index (χ0) is 12.5. The third-order valence-electron chi connectivity index (χ3n) is 3.48. The standard InChI is InChI=1S/C12H17ClN2O2/c1-9(13)7-15-8-10(16)14-12(11(15)17)5-3-2-4-6-12/h1-8H2,(H,14,16). The molecule has 5 heteroatoms. The van der Waals surface area contributed by atoms with Crippen molar-refractivity contribution in [2.45, 2.75) is 37.6 Å². The van der Waals surface area contributed by atoms with Crippen LogP contribution < -0.4 is 5.32 Å². The maximum absolute atomic E-state index is 12.4. The lowest BCUT2D eigenvalue weighted by Gasteiger charge is -2.44. The van der Waals surface area contributed by atoms with Crippen LogP contribution in [-0.2, 0) is 9.59 Å². The van der Waals surface area contributed by atoms with E-state index in [-0.39, 0.29) is 24.9 Å². The summed E-state index contributed by atoms with van der Waals surface area (Å²) >= 11 is 5.73. The van der Waals surface area contributed by atoms with E-state index >= 15 is 0 Å². The van der Waals surface area contributed by atoms with Crippen LogP contribution in [0.5, 0.6) is 0 Å². The second-order valence-corrected chi connectivity index (χ2v) is 5.40. The van der Waals surface area contributed by atoms with E-state index in [1.807, 2.05) is 0 Å². The Bertz CT molecular complexity index is 360. The lowest BCUT2D eigenvalue weighted by Crippen LogP contribution is -2.67. The molecule has 1 heterocycles. The van der Waals surface area contributed by atoms with E-state index in [0.717, 1.165) is 32.1 Å².